The van der Waals surface area contributed by atoms with Gasteiger partial charge in [0.25, 0.3) is 0 Å². The Morgan fingerprint density at radius 3 is 2.42 bits per heavy atom. The molecule has 0 aromatic carbocycles. The van der Waals surface area contributed by atoms with Crippen LogP contribution in [-0.2, 0) is 9.59 Å². The lowest BCUT2D eigenvalue weighted by atomic mass is 10.1. The minimum atomic E-state index is -1.15. The number of aliphatic carboxylic acids is 1. The fraction of sp³-hybridized carbons (Fsp3) is 0.417. The van der Waals surface area contributed by atoms with Crippen molar-refractivity contribution in [1.82, 2.24) is 0 Å². The van der Waals surface area contributed by atoms with E-state index in [-0.39, 0.29) is 5.78 Å². The smallest absolute Gasteiger partial charge is 0.305 e. The summed E-state index contributed by atoms with van der Waals surface area (Å²) in [5.41, 5.74) is 6.74. The lowest BCUT2D eigenvalue weighted by molar-refractivity contribution is -0.138. The highest BCUT2D eigenvalue weighted by molar-refractivity contribution is 7.16. The monoisotopic (exact) mass is 284 g/mol. The number of ketones is 1. The second-order valence-electron chi connectivity index (χ2n) is 4.24. The topological polar surface area (TPSA) is 109 Å². The van der Waals surface area contributed by atoms with Crippen molar-refractivity contribution >= 4 is 34.0 Å². The Balaban J connectivity index is 2.94. The second-order valence-corrected chi connectivity index (χ2v) is 5.46. The van der Waals surface area contributed by atoms with Crippen molar-refractivity contribution in [2.75, 3.05) is 5.32 Å². The first kappa shape index (κ1) is 15.3. The molecule has 7 heteroatoms. The van der Waals surface area contributed by atoms with Gasteiger partial charge in [-0.05, 0) is 26.3 Å². The van der Waals surface area contributed by atoms with Crippen molar-refractivity contribution in [2.45, 2.75) is 33.2 Å². The summed E-state index contributed by atoms with van der Waals surface area (Å²) < 4.78 is 0. The molecule has 0 radical (unpaired) electrons. The van der Waals surface area contributed by atoms with Crippen LogP contribution in [0.4, 0.5) is 5.00 Å². The largest absolute Gasteiger partial charge is 0.481 e. The number of thiophene rings is 1. The maximum Gasteiger partial charge on any atom is 0.305 e. The van der Waals surface area contributed by atoms with E-state index in [1.165, 1.54) is 18.3 Å². The van der Waals surface area contributed by atoms with Crippen LogP contribution in [0.25, 0.3) is 0 Å². The molecule has 4 N–H and O–H groups in total. The van der Waals surface area contributed by atoms with E-state index in [4.69, 9.17) is 10.8 Å². The van der Waals surface area contributed by atoms with Gasteiger partial charge in [0.1, 0.15) is 5.00 Å². The van der Waals surface area contributed by atoms with Gasteiger partial charge in [-0.25, -0.2) is 0 Å². The van der Waals surface area contributed by atoms with Gasteiger partial charge in [-0.2, -0.15) is 0 Å². The first-order valence-electron chi connectivity index (χ1n) is 5.63. The Morgan fingerprint density at radius 1 is 1.37 bits per heavy atom. The van der Waals surface area contributed by atoms with Gasteiger partial charge < -0.3 is 16.2 Å². The standard InChI is InChI=1S/C12H16N2O4S/c1-5-7(3)19-12(10(5)6(2)15)14-11(18)8(13)4-9(16)17/h8H,4,13H2,1-3H3,(H,14,18)(H,16,17)/t8-/m0/s1. The van der Waals surface area contributed by atoms with Crippen LogP contribution in [-0.4, -0.2) is 28.8 Å². The Bertz CT molecular complexity index is 536. The van der Waals surface area contributed by atoms with Crippen LogP contribution in [0.15, 0.2) is 0 Å². The fourth-order valence-corrected chi connectivity index (χ4v) is 2.74. The Morgan fingerprint density at radius 2 is 1.95 bits per heavy atom. The number of carbonyl (C=O) groups excluding carboxylic acids is 2. The highest BCUT2D eigenvalue weighted by Gasteiger charge is 2.22. The number of carboxylic acids is 1. The molecule has 19 heavy (non-hydrogen) atoms. The van der Waals surface area contributed by atoms with E-state index in [1.807, 2.05) is 6.92 Å². The van der Waals surface area contributed by atoms with Gasteiger partial charge in [-0.3, -0.25) is 14.4 Å². The van der Waals surface area contributed by atoms with E-state index < -0.39 is 24.3 Å². The fourth-order valence-electron chi connectivity index (χ4n) is 1.62. The molecule has 1 rings (SSSR count). The Labute approximate surface area is 114 Å². The molecule has 0 aliphatic heterocycles. The molecule has 0 bridgehead atoms. The van der Waals surface area contributed by atoms with Gasteiger partial charge in [0.2, 0.25) is 5.91 Å². The van der Waals surface area contributed by atoms with Crippen LogP contribution in [0.1, 0.15) is 34.1 Å². The van der Waals surface area contributed by atoms with E-state index in [1.54, 1.807) is 6.92 Å². The first-order chi connectivity index (χ1) is 8.73. The van der Waals surface area contributed by atoms with E-state index in [9.17, 15) is 14.4 Å². The summed E-state index contributed by atoms with van der Waals surface area (Å²) in [6, 6.07) is -1.14. The lowest BCUT2D eigenvalue weighted by Gasteiger charge is -2.10. The van der Waals surface area contributed by atoms with E-state index in [2.05, 4.69) is 5.32 Å². The maximum absolute atomic E-state index is 11.7. The third-order valence-electron chi connectivity index (χ3n) is 2.71. The van der Waals surface area contributed by atoms with Crippen LogP contribution < -0.4 is 11.1 Å². The molecule has 0 saturated carbocycles. The average molecular weight is 284 g/mol. The molecule has 0 aliphatic carbocycles. The number of nitrogens with two attached hydrogens (primary N) is 1. The molecule has 0 spiro atoms. The number of anilines is 1. The zero-order valence-corrected chi connectivity index (χ0v) is 11.8. The Hall–Kier alpha value is -1.73. The zero-order valence-electron chi connectivity index (χ0n) is 10.9. The van der Waals surface area contributed by atoms with Gasteiger partial charge >= 0.3 is 5.97 Å². The summed E-state index contributed by atoms with van der Waals surface area (Å²) in [4.78, 5) is 34.7. The number of Topliss-reactive ketones (excluding diaryl/α,β-unsaturated/α-hetero) is 1. The molecule has 1 aromatic rings. The molecule has 1 amide bonds. The number of hydrogen-bond acceptors (Lipinski definition) is 5. The number of rotatable bonds is 5. The number of carbonyl (C=O) groups is 3. The maximum atomic E-state index is 11.7. The van der Waals surface area contributed by atoms with Crippen molar-refractivity contribution in [1.29, 1.82) is 0 Å². The summed E-state index contributed by atoms with van der Waals surface area (Å²) in [7, 11) is 0. The average Bonchev–Trinajstić information content (AvgIpc) is 2.53. The molecule has 0 aliphatic rings. The summed E-state index contributed by atoms with van der Waals surface area (Å²) >= 11 is 1.28. The van der Waals surface area contributed by atoms with Crippen LogP contribution in [0.2, 0.25) is 0 Å². The molecule has 6 nitrogen and oxygen atoms in total. The normalized spacial score (nSPS) is 12.0. The molecule has 104 valence electrons. The molecular weight excluding hydrogens is 268 g/mol. The zero-order chi connectivity index (χ0) is 14.7. The van der Waals surface area contributed by atoms with E-state index >= 15 is 0 Å². The molecular formula is C12H16N2O4S. The van der Waals surface area contributed by atoms with Gasteiger partial charge in [0.05, 0.1) is 18.0 Å². The summed E-state index contributed by atoms with van der Waals surface area (Å²) in [5.74, 6) is -1.90. The van der Waals surface area contributed by atoms with Crippen LogP contribution in [0, 0.1) is 13.8 Å². The third-order valence-corrected chi connectivity index (χ3v) is 3.83. The van der Waals surface area contributed by atoms with E-state index in [0.717, 1.165) is 10.4 Å². The van der Waals surface area contributed by atoms with Gasteiger partial charge in [-0.1, -0.05) is 0 Å². The van der Waals surface area contributed by atoms with Crippen molar-refractivity contribution < 1.29 is 19.5 Å². The molecule has 1 atom stereocenters. The summed E-state index contributed by atoms with van der Waals surface area (Å²) in [5, 5.41) is 11.5. The number of hydrogen-bond donors (Lipinski definition) is 3. The lowest BCUT2D eigenvalue weighted by Crippen LogP contribution is -2.37. The molecule has 0 saturated heterocycles. The minimum Gasteiger partial charge on any atom is -0.481 e. The number of amides is 1. The van der Waals surface area contributed by atoms with Crippen LogP contribution in [0.3, 0.4) is 0 Å². The molecule has 1 aromatic heterocycles. The van der Waals surface area contributed by atoms with Crippen LogP contribution in [0.5, 0.6) is 0 Å². The first-order valence-corrected chi connectivity index (χ1v) is 6.44. The summed E-state index contributed by atoms with van der Waals surface area (Å²) in [6.45, 7) is 5.07. The molecule has 0 unspecified atom stereocenters. The van der Waals surface area contributed by atoms with Gasteiger partial charge in [0.15, 0.2) is 5.78 Å². The highest BCUT2D eigenvalue weighted by atomic mass is 32.1. The van der Waals surface area contributed by atoms with Crippen molar-refractivity contribution in [3.8, 4) is 0 Å². The second kappa shape index (κ2) is 5.94. The molecule has 1 heterocycles. The highest BCUT2D eigenvalue weighted by Crippen LogP contribution is 2.32. The minimum absolute atomic E-state index is 0.149. The van der Waals surface area contributed by atoms with Gasteiger partial charge in [-0.15, -0.1) is 11.3 Å². The molecule has 0 fully saturated rings. The Kier molecular flexibility index (Phi) is 4.79. The number of carboxylic acid groups (broad SMARTS) is 1. The van der Waals surface area contributed by atoms with Crippen LogP contribution >= 0.6 is 11.3 Å². The number of nitrogens with one attached hydrogen (secondary N) is 1. The third kappa shape index (κ3) is 3.62. The van der Waals surface area contributed by atoms with Crippen molar-refractivity contribution in [3.05, 3.63) is 16.0 Å². The van der Waals surface area contributed by atoms with Crippen molar-refractivity contribution in [2.24, 2.45) is 5.73 Å². The quantitative estimate of drug-likeness (QED) is 0.706. The van der Waals surface area contributed by atoms with E-state index in [0.29, 0.717) is 10.6 Å². The van der Waals surface area contributed by atoms with Crippen molar-refractivity contribution in [3.63, 3.8) is 0 Å². The number of aryl methyl sites for hydroxylation is 1. The van der Waals surface area contributed by atoms with Gasteiger partial charge in [0, 0.05) is 4.88 Å². The SMILES string of the molecule is CC(=O)c1c(NC(=O)[C@@H](N)CC(=O)O)sc(C)c1C. The predicted molar refractivity (Wildman–Crippen MR) is 72.7 cm³/mol. The summed E-state index contributed by atoms with van der Waals surface area (Å²) in [6.07, 6.45) is -0.454. The predicted octanol–water partition coefficient (Wildman–Crippen LogP) is 1.31.